The highest BCUT2D eigenvalue weighted by atomic mass is 79.9. The molecule has 2 atom stereocenters. The van der Waals surface area contributed by atoms with E-state index in [0.29, 0.717) is 16.6 Å². The summed E-state index contributed by atoms with van der Waals surface area (Å²) in [6, 6.07) is 5.89. The van der Waals surface area contributed by atoms with E-state index < -0.39 is 0 Å². The van der Waals surface area contributed by atoms with Gasteiger partial charge in [-0.1, -0.05) is 27.5 Å². The van der Waals surface area contributed by atoms with Crippen LogP contribution in [0.2, 0.25) is 5.02 Å². The molecule has 0 radical (unpaired) electrons. The van der Waals surface area contributed by atoms with Gasteiger partial charge in [0.1, 0.15) is 0 Å². The summed E-state index contributed by atoms with van der Waals surface area (Å²) in [4.78, 5) is 14.4. The number of nitrogens with zero attached hydrogens (tertiary/aromatic N) is 1. The summed E-state index contributed by atoms with van der Waals surface area (Å²) in [6.07, 6.45) is 3.61. The van der Waals surface area contributed by atoms with Gasteiger partial charge >= 0.3 is 0 Å². The third-order valence-corrected chi connectivity index (χ3v) is 4.65. The van der Waals surface area contributed by atoms with Crippen LogP contribution in [0, 0.1) is 5.92 Å². The number of halogens is 2. The summed E-state index contributed by atoms with van der Waals surface area (Å²) in [6.45, 7) is 0.909. The Morgan fingerprint density at radius 3 is 2.88 bits per heavy atom. The van der Waals surface area contributed by atoms with Crippen molar-refractivity contribution in [3.05, 3.63) is 33.3 Å². The lowest BCUT2D eigenvalue weighted by Gasteiger charge is -2.27. The molecule has 2 nitrogen and oxygen atoms in total. The van der Waals surface area contributed by atoms with Crippen LogP contribution < -0.4 is 0 Å². The molecule has 17 heavy (non-hydrogen) atoms. The van der Waals surface area contributed by atoms with E-state index in [0.717, 1.165) is 23.4 Å². The molecule has 90 valence electrons. The lowest BCUT2D eigenvalue weighted by Crippen LogP contribution is -2.37. The Bertz CT molecular complexity index is 476. The van der Waals surface area contributed by atoms with Crippen molar-refractivity contribution in [3.8, 4) is 0 Å². The molecule has 1 aliphatic heterocycles. The third-order valence-electron chi connectivity index (χ3n) is 3.83. The van der Waals surface area contributed by atoms with Gasteiger partial charge in [-0.2, -0.15) is 0 Å². The van der Waals surface area contributed by atoms with E-state index in [4.69, 9.17) is 11.6 Å². The van der Waals surface area contributed by atoms with Crippen LogP contribution in [0.5, 0.6) is 0 Å². The fourth-order valence-electron chi connectivity index (χ4n) is 2.99. The second-order valence-corrected chi connectivity index (χ2v) is 6.24. The van der Waals surface area contributed by atoms with Crippen molar-refractivity contribution in [1.82, 2.24) is 4.90 Å². The summed E-state index contributed by atoms with van der Waals surface area (Å²) in [7, 11) is 0. The van der Waals surface area contributed by atoms with E-state index in [2.05, 4.69) is 15.9 Å². The van der Waals surface area contributed by atoms with Crippen molar-refractivity contribution in [3.63, 3.8) is 0 Å². The molecule has 1 saturated carbocycles. The second-order valence-electron chi connectivity index (χ2n) is 4.91. The number of carbonyl (C=O) groups is 1. The number of hydrogen-bond acceptors (Lipinski definition) is 1. The molecule has 1 saturated heterocycles. The molecule has 1 amide bonds. The molecule has 2 bridgehead atoms. The van der Waals surface area contributed by atoms with Crippen molar-refractivity contribution in [1.29, 1.82) is 0 Å². The largest absolute Gasteiger partial charge is 0.335 e. The lowest BCUT2D eigenvalue weighted by atomic mass is 10.1. The number of likely N-dealkylation sites (tertiary alicyclic amines) is 1. The molecule has 0 spiro atoms. The van der Waals surface area contributed by atoms with Gasteiger partial charge in [0.15, 0.2) is 0 Å². The van der Waals surface area contributed by atoms with Crippen molar-refractivity contribution in [2.45, 2.75) is 25.3 Å². The maximum Gasteiger partial charge on any atom is 0.255 e. The molecule has 3 rings (SSSR count). The number of hydrogen-bond donors (Lipinski definition) is 0. The minimum Gasteiger partial charge on any atom is -0.335 e. The molecule has 2 fully saturated rings. The van der Waals surface area contributed by atoms with Gasteiger partial charge in [0, 0.05) is 17.1 Å². The normalized spacial score (nSPS) is 26.6. The minimum atomic E-state index is 0.0866. The number of fused-ring (bicyclic) bond motifs is 2. The summed E-state index contributed by atoms with van der Waals surface area (Å²) in [5.74, 6) is 0.804. The second kappa shape index (κ2) is 4.29. The summed E-state index contributed by atoms with van der Waals surface area (Å²) in [5.41, 5.74) is 0.619. The van der Waals surface area contributed by atoms with Gasteiger partial charge in [-0.3, -0.25) is 4.79 Å². The Balaban J connectivity index is 1.89. The molecule has 1 aromatic carbocycles. The average Bonchev–Trinajstić information content (AvgIpc) is 2.93. The Kier molecular flexibility index (Phi) is 2.91. The standard InChI is InChI=1S/C13H13BrClNO/c14-9-2-4-12(15)11(6-9)13(17)16-7-8-1-3-10(16)5-8/h2,4,6,8,10H,1,3,5,7H2. The quantitative estimate of drug-likeness (QED) is 0.773. The van der Waals surface area contributed by atoms with Gasteiger partial charge in [0.05, 0.1) is 10.6 Å². The number of amides is 1. The van der Waals surface area contributed by atoms with E-state index in [1.54, 1.807) is 6.07 Å². The maximum atomic E-state index is 12.4. The van der Waals surface area contributed by atoms with Crippen molar-refractivity contribution in [2.24, 2.45) is 5.92 Å². The molecular weight excluding hydrogens is 302 g/mol. The zero-order chi connectivity index (χ0) is 12.0. The molecule has 4 heteroatoms. The number of carbonyl (C=O) groups excluding carboxylic acids is 1. The van der Waals surface area contributed by atoms with Crippen LogP contribution in [-0.2, 0) is 0 Å². The number of benzene rings is 1. The van der Waals surface area contributed by atoms with Gasteiger partial charge < -0.3 is 4.90 Å². The van der Waals surface area contributed by atoms with Gasteiger partial charge in [-0.25, -0.2) is 0 Å². The molecular formula is C13H13BrClNO. The van der Waals surface area contributed by atoms with Crippen molar-refractivity contribution < 1.29 is 4.79 Å². The first-order chi connectivity index (χ1) is 8.15. The zero-order valence-electron chi connectivity index (χ0n) is 9.33. The molecule has 1 aromatic rings. The molecule has 2 unspecified atom stereocenters. The topological polar surface area (TPSA) is 20.3 Å². The van der Waals surface area contributed by atoms with E-state index in [1.807, 2.05) is 17.0 Å². The van der Waals surface area contributed by atoms with Crippen molar-refractivity contribution >= 4 is 33.4 Å². The first kappa shape index (κ1) is 11.5. The highest BCUT2D eigenvalue weighted by Gasteiger charge is 2.40. The van der Waals surface area contributed by atoms with Gasteiger partial charge in [-0.05, 0) is 43.4 Å². The highest BCUT2D eigenvalue weighted by Crippen LogP contribution is 2.38. The zero-order valence-corrected chi connectivity index (χ0v) is 11.7. The predicted molar refractivity (Wildman–Crippen MR) is 71.3 cm³/mol. The first-order valence-electron chi connectivity index (χ1n) is 5.91. The molecule has 1 heterocycles. The van der Waals surface area contributed by atoms with Gasteiger partial charge in [0.2, 0.25) is 0 Å². The minimum absolute atomic E-state index is 0.0866. The average molecular weight is 315 g/mol. The smallest absolute Gasteiger partial charge is 0.255 e. The Labute approximate surface area is 114 Å². The molecule has 0 aromatic heterocycles. The fraction of sp³-hybridized carbons (Fsp3) is 0.462. The number of piperidine rings is 1. The van der Waals surface area contributed by atoms with Crippen LogP contribution in [0.25, 0.3) is 0 Å². The van der Waals surface area contributed by atoms with Crippen LogP contribution in [0.1, 0.15) is 29.6 Å². The van der Waals surface area contributed by atoms with Crippen LogP contribution in [0.4, 0.5) is 0 Å². The van der Waals surface area contributed by atoms with Crippen LogP contribution >= 0.6 is 27.5 Å². The highest BCUT2D eigenvalue weighted by molar-refractivity contribution is 9.10. The summed E-state index contributed by atoms with van der Waals surface area (Å²) >= 11 is 9.49. The Morgan fingerprint density at radius 2 is 2.24 bits per heavy atom. The predicted octanol–water partition coefficient (Wildman–Crippen LogP) is 3.73. The van der Waals surface area contributed by atoms with Crippen molar-refractivity contribution in [2.75, 3.05) is 6.54 Å². The summed E-state index contributed by atoms with van der Waals surface area (Å²) in [5, 5.41) is 0.543. The first-order valence-corrected chi connectivity index (χ1v) is 7.08. The monoisotopic (exact) mass is 313 g/mol. The van der Waals surface area contributed by atoms with E-state index in [-0.39, 0.29) is 5.91 Å². The van der Waals surface area contributed by atoms with Gasteiger partial charge in [0.25, 0.3) is 5.91 Å². The lowest BCUT2D eigenvalue weighted by molar-refractivity contribution is 0.0704. The fourth-order valence-corrected chi connectivity index (χ4v) is 3.55. The van der Waals surface area contributed by atoms with Gasteiger partial charge in [-0.15, -0.1) is 0 Å². The Morgan fingerprint density at radius 1 is 1.41 bits per heavy atom. The van der Waals surface area contributed by atoms with Crippen LogP contribution in [0.15, 0.2) is 22.7 Å². The molecule has 1 aliphatic carbocycles. The molecule has 0 N–H and O–H groups in total. The van der Waals surface area contributed by atoms with Crippen LogP contribution in [-0.4, -0.2) is 23.4 Å². The maximum absolute atomic E-state index is 12.4. The third kappa shape index (κ3) is 2.00. The van der Waals surface area contributed by atoms with Crippen LogP contribution in [0.3, 0.4) is 0 Å². The SMILES string of the molecule is O=C(c1cc(Br)ccc1Cl)N1CC2CCC1C2. The number of rotatable bonds is 1. The van der Waals surface area contributed by atoms with E-state index in [9.17, 15) is 4.79 Å². The molecule has 2 aliphatic rings. The van der Waals surface area contributed by atoms with E-state index >= 15 is 0 Å². The Hall–Kier alpha value is -0.540. The van der Waals surface area contributed by atoms with E-state index in [1.165, 1.54) is 12.8 Å². The summed E-state index contributed by atoms with van der Waals surface area (Å²) < 4.78 is 0.898.